The highest BCUT2D eigenvalue weighted by Crippen LogP contribution is 2.26. The van der Waals surface area contributed by atoms with Gasteiger partial charge in [-0.1, -0.05) is 43.7 Å². The van der Waals surface area contributed by atoms with Gasteiger partial charge in [-0.3, -0.25) is 0 Å². The van der Waals surface area contributed by atoms with Crippen molar-refractivity contribution < 1.29 is 8.42 Å². The first-order chi connectivity index (χ1) is 8.58. The second kappa shape index (κ2) is 6.37. The first-order valence-corrected chi connectivity index (χ1v) is 9.03. The van der Waals surface area contributed by atoms with Crippen LogP contribution in [-0.2, 0) is 10.0 Å². The minimum Gasteiger partial charge on any atom is -0.207 e. The van der Waals surface area contributed by atoms with Crippen LogP contribution in [0.2, 0.25) is 4.34 Å². The van der Waals surface area contributed by atoms with E-state index in [1.807, 2.05) is 0 Å². The molecule has 1 N–H and O–H groups in total. The predicted molar refractivity (Wildman–Crippen MR) is 75.8 cm³/mol. The van der Waals surface area contributed by atoms with Crippen molar-refractivity contribution in [2.24, 2.45) is 0 Å². The summed E-state index contributed by atoms with van der Waals surface area (Å²) >= 11 is 6.89. The number of thiophene rings is 1. The molecule has 0 aliphatic heterocycles. The fourth-order valence-electron chi connectivity index (χ4n) is 2.29. The lowest BCUT2D eigenvalue weighted by Crippen LogP contribution is -2.34. The largest absolute Gasteiger partial charge is 0.250 e. The Morgan fingerprint density at radius 2 is 1.72 bits per heavy atom. The summed E-state index contributed by atoms with van der Waals surface area (Å²) in [6, 6.07) is 3.27. The third-order valence-corrected chi connectivity index (χ3v) is 6.48. The van der Waals surface area contributed by atoms with Crippen molar-refractivity contribution in [3.63, 3.8) is 0 Å². The molecule has 0 saturated heterocycles. The highest BCUT2D eigenvalue weighted by molar-refractivity contribution is 7.91. The average molecular weight is 308 g/mol. The lowest BCUT2D eigenvalue weighted by molar-refractivity contribution is 0.427. The van der Waals surface area contributed by atoms with Gasteiger partial charge < -0.3 is 0 Å². The molecule has 1 saturated carbocycles. The van der Waals surface area contributed by atoms with Crippen molar-refractivity contribution in [2.45, 2.75) is 55.2 Å². The van der Waals surface area contributed by atoms with Gasteiger partial charge in [-0.15, -0.1) is 11.3 Å². The molecule has 0 unspecified atom stereocenters. The summed E-state index contributed by atoms with van der Waals surface area (Å²) in [5.41, 5.74) is 0. The van der Waals surface area contributed by atoms with Gasteiger partial charge in [0.25, 0.3) is 0 Å². The lowest BCUT2D eigenvalue weighted by Gasteiger charge is -2.20. The van der Waals surface area contributed by atoms with Crippen LogP contribution < -0.4 is 4.72 Å². The van der Waals surface area contributed by atoms with Crippen molar-refractivity contribution in [1.29, 1.82) is 0 Å². The van der Waals surface area contributed by atoms with Crippen LogP contribution in [0, 0.1) is 0 Å². The van der Waals surface area contributed by atoms with Crippen LogP contribution in [0.15, 0.2) is 16.3 Å². The molecular formula is C12H18ClNO2S2. The zero-order chi connectivity index (χ0) is 13.0. The normalized spacial score (nSPS) is 19.4. The average Bonchev–Trinajstić information content (AvgIpc) is 2.69. The van der Waals surface area contributed by atoms with Gasteiger partial charge in [0.2, 0.25) is 10.0 Å². The molecule has 102 valence electrons. The van der Waals surface area contributed by atoms with E-state index in [2.05, 4.69) is 4.72 Å². The van der Waals surface area contributed by atoms with E-state index in [0.29, 0.717) is 8.55 Å². The van der Waals surface area contributed by atoms with E-state index in [9.17, 15) is 8.42 Å². The Hall–Kier alpha value is -0.100. The number of hydrogen-bond acceptors (Lipinski definition) is 3. The van der Waals surface area contributed by atoms with E-state index in [1.54, 1.807) is 12.1 Å². The van der Waals surface area contributed by atoms with E-state index in [0.717, 1.165) is 37.0 Å². The fourth-order valence-corrected chi connectivity index (χ4v) is 5.10. The Kier molecular flexibility index (Phi) is 5.06. The molecule has 6 heteroatoms. The molecule has 0 atom stereocenters. The summed E-state index contributed by atoms with van der Waals surface area (Å²) in [5.74, 6) is 0. The van der Waals surface area contributed by atoms with Gasteiger partial charge in [0, 0.05) is 6.04 Å². The number of sulfonamides is 1. The third-order valence-electron chi connectivity index (χ3n) is 3.24. The van der Waals surface area contributed by atoms with E-state index in [4.69, 9.17) is 11.6 Å². The van der Waals surface area contributed by atoms with Crippen LogP contribution in [0.5, 0.6) is 0 Å². The zero-order valence-electron chi connectivity index (χ0n) is 10.2. The molecule has 0 amide bonds. The fraction of sp³-hybridized carbons (Fsp3) is 0.667. The van der Waals surface area contributed by atoms with Crippen LogP contribution in [0.4, 0.5) is 0 Å². The third kappa shape index (κ3) is 3.95. The van der Waals surface area contributed by atoms with Gasteiger partial charge in [0.1, 0.15) is 4.21 Å². The zero-order valence-corrected chi connectivity index (χ0v) is 12.6. The molecule has 1 aromatic rings. The second-order valence-corrected chi connectivity index (χ2v) is 8.38. The summed E-state index contributed by atoms with van der Waals surface area (Å²) in [5, 5.41) is 0. The minimum absolute atomic E-state index is 0.0798. The highest BCUT2D eigenvalue weighted by atomic mass is 35.5. The Balaban J connectivity index is 2.02. The highest BCUT2D eigenvalue weighted by Gasteiger charge is 2.22. The van der Waals surface area contributed by atoms with Gasteiger partial charge >= 0.3 is 0 Å². The van der Waals surface area contributed by atoms with E-state index in [-0.39, 0.29) is 6.04 Å². The molecule has 0 aromatic carbocycles. The van der Waals surface area contributed by atoms with E-state index in [1.165, 1.54) is 19.3 Å². The van der Waals surface area contributed by atoms with Crippen molar-refractivity contribution in [3.8, 4) is 0 Å². The van der Waals surface area contributed by atoms with E-state index >= 15 is 0 Å². The molecule has 18 heavy (non-hydrogen) atoms. The molecule has 2 rings (SSSR count). The Morgan fingerprint density at radius 3 is 2.28 bits per heavy atom. The van der Waals surface area contributed by atoms with Crippen LogP contribution >= 0.6 is 22.9 Å². The number of nitrogens with one attached hydrogen (secondary N) is 1. The van der Waals surface area contributed by atoms with Crippen molar-refractivity contribution in [3.05, 3.63) is 16.5 Å². The van der Waals surface area contributed by atoms with Crippen LogP contribution in [-0.4, -0.2) is 14.5 Å². The van der Waals surface area contributed by atoms with Gasteiger partial charge in [-0.2, -0.15) is 0 Å². The quantitative estimate of drug-likeness (QED) is 0.923. The monoisotopic (exact) mass is 307 g/mol. The number of hydrogen-bond donors (Lipinski definition) is 1. The van der Waals surface area contributed by atoms with Crippen LogP contribution in [0.3, 0.4) is 0 Å². The van der Waals surface area contributed by atoms with E-state index < -0.39 is 10.0 Å². The summed E-state index contributed by atoms with van der Waals surface area (Å²) in [7, 11) is -3.38. The first-order valence-electron chi connectivity index (χ1n) is 6.35. The van der Waals surface area contributed by atoms with Gasteiger partial charge in [-0.05, 0) is 25.0 Å². The molecular weight excluding hydrogens is 290 g/mol. The summed E-state index contributed by atoms with van der Waals surface area (Å²) in [6.45, 7) is 0. The molecule has 0 radical (unpaired) electrons. The topological polar surface area (TPSA) is 46.2 Å². The predicted octanol–water partition coefficient (Wildman–Crippen LogP) is 3.79. The molecule has 3 nitrogen and oxygen atoms in total. The molecule has 0 spiro atoms. The Morgan fingerprint density at radius 1 is 1.11 bits per heavy atom. The lowest BCUT2D eigenvalue weighted by atomic mass is 9.97. The molecule has 0 bridgehead atoms. The summed E-state index contributed by atoms with van der Waals surface area (Å²) in [6.07, 6.45) is 7.81. The summed E-state index contributed by atoms with van der Waals surface area (Å²) in [4.78, 5) is 0. The molecule has 1 fully saturated rings. The van der Waals surface area contributed by atoms with Crippen molar-refractivity contribution in [1.82, 2.24) is 4.72 Å². The standard InChI is InChI=1S/C12H18ClNO2S2/c13-11-8-9-12(17-11)18(15,16)14-10-6-4-2-1-3-5-7-10/h8-10,14H,1-7H2. The summed E-state index contributed by atoms with van der Waals surface area (Å²) < 4.78 is 27.9. The Labute approximate surface area is 118 Å². The number of halogens is 1. The maximum Gasteiger partial charge on any atom is 0.250 e. The molecule has 1 aliphatic rings. The molecule has 1 aromatic heterocycles. The minimum atomic E-state index is -3.38. The SMILES string of the molecule is O=S(=O)(NC1CCCCCCC1)c1ccc(Cl)s1. The van der Waals surface area contributed by atoms with Gasteiger partial charge in [0.05, 0.1) is 4.34 Å². The van der Waals surface area contributed by atoms with Crippen molar-refractivity contribution >= 4 is 33.0 Å². The van der Waals surface area contributed by atoms with Crippen LogP contribution in [0.1, 0.15) is 44.9 Å². The molecule has 1 heterocycles. The van der Waals surface area contributed by atoms with Gasteiger partial charge in [-0.25, -0.2) is 13.1 Å². The second-order valence-electron chi connectivity index (χ2n) is 4.72. The van der Waals surface area contributed by atoms with Gasteiger partial charge in [0.15, 0.2) is 0 Å². The number of rotatable bonds is 3. The smallest absolute Gasteiger partial charge is 0.207 e. The Bertz CT molecular complexity index is 476. The van der Waals surface area contributed by atoms with Crippen molar-refractivity contribution in [2.75, 3.05) is 0 Å². The first kappa shape index (κ1) is 14.3. The molecule has 1 aliphatic carbocycles. The van der Waals surface area contributed by atoms with Crippen LogP contribution in [0.25, 0.3) is 0 Å². The maximum atomic E-state index is 12.2. The maximum absolute atomic E-state index is 12.2.